The van der Waals surface area contributed by atoms with Crippen LogP contribution in [-0.2, 0) is 14.3 Å². The second-order valence-electron chi connectivity index (χ2n) is 11.1. The van der Waals surface area contributed by atoms with E-state index >= 15 is 8.78 Å². The summed E-state index contributed by atoms with van der Waals surface area (Å²) in [5, 5.41) is 11.4. The van der Waals surface area contributed by atoms with Crippen LogP contribution in [-0.4, -0.2) is 35.2 Å². The number of rotatable bonds is 3. The zero-order valence-electron chi connectivity index (χ0n) is 19.3. The topological polar surface area (TPSA) is 63.6 Å². The normalized spacial score (nSPS) is 49.4. The number of esters is 1. The third kappa shape index (κ3) is 3.14. The average Bonchev–Trinajstić information content (AvgIpc) is 2.94. The lowest BCUT2D eigenvalue weighted by Crippen LogP contribution is -2.60. The molecule has 1 unspecified atom stereocenters. The molecule has 3 saturated carbocycles. The summed E-state index contributed by atoms with van der Waals surface area (Å²) in [5.41, 5.74) is -1.32. The molecule has 0 aromatic carbocycles. The molecular weight excluding hydrogens is 402 g/mol. The van der Waals surface area contributed by atoms with Crippen LogP contribution in [0.4, 0.5) is 8.78 Å². The molecule has 174 valence electrons. The molecule has 10 atom stereocenters. The highest BCUT2D eigenvalue weighted by Crippen LogP contribution is 2.67. The number of ketones is 1. The maximum absolute atomic E-state index is 15.5. The van der Waals surface area contributed by atoms with Crippen molar-refractivity contribution in [2.75, 3.05) is 0 Å². The highest BCUT2D eigenvalue weighted by atomic mass is 19.1. The van der Waals surface area contributed by atoms with Gasteiger partial charge in [-0.25, -0.2) is 8.78 Å². The largest absolute Gasteiger partial charge is 0.461 e. The number of Topliss-reactive ketones (excluding diaryl/α,β-unsaturated/α-hetero) is 1. The van der Waals surface area contributed by atoms with Crippen molar-refractivity contribution in [3.8, 4) is 0 Å². The minimum Gasteiger partial charge on any atom is -0.461 e. The molecule has 3 fully saturated rings. The van der Waals surface area contributed by atoms with E-state index < -0.39 is 40.6 Å². The predicted molar refractivity (Wildman–Crippen MR) is 112 cm³/mol. The van der Waals surface area contributed by atoms with Gasteiger partial charge in [0, 0.05) is 28.7 Å². The number of ether oxygens (including phenoxy) is 1. The monoisotopic (exact) mass is 438 g/mol. The Bertz CT molecular complexity index is 809. The van der Waals surface area contributed by atoms with Crippen LogP contribution in [0.2, 0.25) is 0 Å². The lowest BCUT2D eigenvalue weighted by molar-refractivity contribution is -0.176. The van der Waals surface area contributed by atoms with Crippen LogP contribution in [0.5, 0.6) is 0 Å². The average molecular weight is 439 g/mol. The van der Waals surface area contributed by atoms with E-state index in [4.69, 9.17) is 4.74 Å². The van der Waals surface area contributed by atoms with Gasteiger partial charge in [0.2, 0.25) is 0 Å². The third-order valence-electron chi connectivity index (χ3n) is 9.36. The molecule has 0 aromatic rings. The SMILES string of the molecule is CCC(=O)O[C@@H]1[C@H](C)C[C@H]2[C@@H]3C[C@H](F)C4=C(F)C(=O)C(CC)C[C@]4(C)[C@H]3[C@@H](O)C[C@]12C. The molecule has 0 heterocycles. The summed E-state index contributed by atoms with van der Waals surface area (Å²) in [5.74, 6) is -2.43. The Balaban J connectivity index is 1.75. The van der Waals surface area contributed by atoms with E-state index in [-0.39, 0.29) is 47.7 Å². The smallest absolute Gasteiger partial charge is 0.305 e. The van der Waals surface area contributed by atoms with E-state index in [0.29, 0.717) is 25.7 Å². The van der Waals surface area contributed by atoms with E-state index in [1.54, 1.807) is 6.92 Å². The zero-order chi connectivity index (χ0) is 22.9. The summed E-state index contributed by atoms with van der Waals surface area (Å²) in [6.07, 6.45) is -0.0426. The highest BCUT2D eigenvalue weighted by molar-refractivity contribution is 5.97. The lowest BCUT2D eigenvalue weighted by Gasteiger charge is -2.60. The van der Waals surface area contributed by atoms with Gasteiger partial charge in [-0.15, -0.1) is 0 Å². The van der Waals surface area contributed by atoms with Crippen LogP contribution in [0.15, 0.2) is 11.4 Å². The summed E-state index contributed by atoms with van der Waals surface area (Å²) in [4.78, 5) is 24.6. The molecule has 4 rings (SSSR count). The molecule has 4 aliphatic rings. The molecule has 0 radical (unpaired) electrons. The number of fused-ring (bicyclic) bond motifs is 5. The second-order valence-corrected chi connectivity index (χ2v) is 11.1. The molecule has 31 heavy (non-hydrogen) atoms. The van der Waals surface area contributed by atoms with E-state index in [1.807, 2.05) is 13.8 Å². The van der Waals surface area contributed by atoms with E-state index in [2.05, 4.69) is 13.8 Å². The Morgan fingerprint density at radius 3 is 2.52 bits per heavy atom. The fourth-order valence-electron chi connectivity index (χ4n) is 8.16. The molecular formula is C25H36F2O4. The van der Waals surface area contributed by atoms with Crippen molar-refractivity contribution in [2.24, 2.45) is 40.4 Å². The molecule has 0 amide bonds. The summed E-state index contributed by atoms with van der Waals surface area (Å²) in [6.45, 7) is 9.61. The molecule has 4 nitrogen and oxygen atoms in total. The van der Waals surface area contributed by atoms with Crippen LogP contribution in [0, 0.1) is 40.4 Å². The number of carbonyl (C=O) groups excluding carboxylic acids is 2. The quantitative estimate of drug-likeness (QED) is 0.634. The molecule has 0 aromatic heterocycles. The van der Waals surface area contributed by atoms with Gasteiger partial charge in [0.25, 0.3) is 0 Å². The number of hydrogen-bond donors (Lipinski definition) is 1. The fourth-order valence-corrected chi connectivity index (χ4v) is 8.16. The molecule has 6 heteroatoms. The van der Waals surface area contributed by atoms with Crippen LogP contribution < -0.4 is 0 Å². The van der Waals surface area contributed by atoms with Gasteiger partial charge in [-0.05, 0) is 55.8 Å². The van der Waals surface area contributed by atoms with Gasteiger partial charge in [-0.1, -0.05) is 34.6 Å². The molecule has 0 saturated heterocycles. The van der Waals surface area contributed by atoms with Crippen LogP contribution in [0.3, 0.4) is 0 Å². The van der Waals surface area contributed by atoms with Gasteiger partial charge in [0.1, 0.15) is 12.3 Å². The highest BCUT2D eigenvalue weighted by Gasteiger charge is 2.67. The first kappa shape index (κ1) is 22.9. The number of carbonyl (C=O) groups is 2. The molecule has 0 aliphatic heterocycles. The van der Waals surface area contributed by atoms with Crippen molar-refractivity contribution in [2.45, 2.75) is 91.5 Å². The van der Waals surface area contributed by atoms with Crippen molar-refractivity contribution in [3.63, 3.8) is 0 Å². The second kappa shape index (κ2) is 7.64. The van der Waals surface area contributed by atoms with Crippen molar-refractivity contribution >= 4 is 11.8 Å². The number of allylic oxidation sites excluding steroid dienone is 1. The molecule has 0 spiro atoms. The Morgan fingerprint density at radius 2 is 1.90 bits per heavy atom. The van der Waals surface area contributed by atoms with E-state index in [0.717, 1.165) is 6.42 Å². The Kier molecular flexibility index (Phi) is 5.64. The predicted octanol–water partition coefficient (Wildman–Crippen LogP) is 4.94. The van der Waals surface area contributed by atoms with Gasteiger partial charge < -0.3 is 9.84 Å². The maximum atomic E-state index is 15.5. The molecule has 0 bridgehead atoms. The maximum Gasteiger partial charge on any atom is 0.305 e. The fraction of sp³-hybridized carbons (Fsp3) is 0.840. The first-order valence-corrected chi connectivity index (χ1v) is 12.0. The Labute approximate surface area is 183 Å². The van der Waals surface area contributed by atoms with Crippen molar-refractivity contribution < 1.29 is 28.2 Å². The van der Waals surface area contributed by atoms with Gasteiger partial charge in [-0.3, -0.25) is 9.59 Å². The van der Waals surface area contributed by atoms with Crippen LogP contribution in [0.1, 0.15) is 73.1 Å². The first-order chi connectivity index (χ1) is 14.5. The first-order valence-electron chi connectivity index (χ1n) is 12.0. The number of hydrogen-bond acceptors (Lipinski definition) is 4. The zero-order valence-corrected chi connectivity index (χ0v) is 19.3. The van der Waals surface area contributed by atoms with Gasteiger partial charge in [0.15, 0.2) is 11.6 Å². The summed E-state index contributed by atoms with van der Waals surface area (Å²) >= 11 is 0. The standard InChI is InChI=1S/C25H36F2O4/c1-6-13-10-25(5)19-14(9-16(26)20(25)21(27)22(13)30)15-8-12(3)23(31-18(29)7-2)24(15,4)11-17(19)28/h12-17,19,23,28H,6-11H2,1-5H3/t12-,13?,14+,15+,16+,17+,19-,23-,24+,25-/m1/s1. The lowest BCUT2D eigenvalue weighted by atomic mass is 9.45. The Morgan fingerprint density at radius 1 is 1.23 bits per heavy atom. The molecule has 1 N–H and O–H groups in total. The van der Waals surface area contributed by atoms with Crippen LogP contribution >= 0.6 is 0 Å². The number of alkyl halides is 1. The van der Waals surface area contributed by atoms with Gasteiger partial charge in [-0.2, -0.15) is 0 Å². The van der Waals surface area contributed by atoms with E-state index in [1.165, 1.54) is 0 Å². The minimum absolute atomic E-state index is 0.00823. The number of aliphatic hydroxyl groups excluding tert-OH is 1. The Hall–Kier alpha value is -1.30. The van der Waals surface area contributed by atoms with Gasteiger partial charge in [0.05, 0.1) is 6.10 Å². The minimum atomic E-state index is -1.52. The summed E-state index contributed by atoms with van der Waals surface area (Å²) in [6, 6.07) is 0. The third-order valence-corrected chi connectivity index (χ3v) is 9.36. The van der Waals surface area contributed by atoms with Crippen molar-refractivity contribution in [1.82, 2.24) is 0 Å². The van der Waals surface area contributed by atoms with Crippen LogP contribution in [0.25, 0.3) is 0 Å². The summed E-state index contributed by atoms with van der Waals surface area (Å²) < 4.78 is 36.5. The van der Waals surface area contributed by atoms with Gasteiger partial charge >= 0.3 is 5.97 Å². The summed E-state index contributed by atoms with van der Waals surface area (Å²) in [7, 11) is 0. The van der Waals surface area contributed by atoms with Crippen molar-refractivity contribution in [1.29, 1.82) is 0 Å². The number of halogens is 2. The van der Waals surface area contributed by atoms with E-state index in [9.17, 15) is 14.7 Å². The molecule has 4 aliphatic carbocycles. The van der Waals surface area contributed by atoms with Crippen molar-refractivity contribution in [3.05, 3.63) is 11.4 Å². The number of aliphatic hydroxyl groups is 1.